The summed E-state index contributed by atoms with van der Waals surface area (Å²) in [5, 5.41) is 9.16. The average molecular weight is 323 g/mol. The molecular weight excluding hydrogens is 313 g/mol. The van der Waals surface area contributed by atoms with Crippen molar-refractivity contribution in [3.05, 3.63) is 33.8 Å². The zero-order valence-electron chi connectivity index (χ0n) is 9.17. The van der Waals surface area contributed by atoms with Crippen LogP contribution < -0.4 is 0 Å². The molecule has 0 saturated heterocycles. The maximum Gasteiger partial charge on any atom is 0.416 e. The zero-order valence-corrected chi connectivity index (χ0v) is 10.8. The van der Waals surface area contributed by atoms with E-state index in [-0.39, 0.29) is 16.0 Å². The first-order valence-corrected chi connectivity index (χ1v) is 6.20. The number of benzene rings is 1. The molecule has 1 saturated carbocycles. The van der Waals surface area contributed by atoms with E-state index in [1.165, 1.54) is 12.1 Å². The summed E-state index contributed by atoms with van der Waals surface area (Å²) < 4.78 is 39.0. The largest absolute Gasteiger partial charge is 0.481 e. The Kier molecular flexibility index (Phi) is 3.40. The van der Waals surface area contributed by atoms with Gasteiger partial charge in [-0.3, -0.25) is 4.79 Å². The average Bonchev–Trinajstić information content (AvgIpc) is 3.02. The summed E-state index contributed by atoms with van der Waals surface area (Å²) >= 11 is 3.04. The van der Waals surface area contributed by atoms with Gasteiger partial charge in [0.1, 0.15) is 0 Å². The number of carbonyl (C=O) groups is 1. The smallest absolute Gasteiger partial charge is 0.416 e. The number of alkyl halides is 3. The third-order valence-electron chi connectivity index (χ3n) is 3.03. The van der Waals surface area contributed by atoms with Crippen LogP contribution in [0.25, 0.3) is 0 Å². The number of carboxylic acid groups (broad SMARTS) is 1. The summed E-state index contributed by atoms with van der Waals surface area (Å²) in [7, 11) is 0. The number of halogens is 4. The maximum absolute atomic E-state index is 12.9. The lowest BCUT2D eigenvalue weighted by Gasteiger charge is -2.19. The van der Waals surface area contributed by atoms with Crippen molar-refractivity contribution in [2.75, 3.05) is 0 Å². The molecule has 0 radical (unpaired) electrons. The van der Waals surface area contributed by atoms with Gasteiger partial charge in [0.2, 0.25) is 0 Å². The Hall–Kier alpha value is -1.04. The highest BCUT2D eigenvalue weighted by atomic mass is 79.9. The van der Waals surface area contributed by atoms with Crippen molar-refractivity contribution in [1.29, 1.82) is 0 Å². The van der Waals surface area contributed by atoms with Crippen LogP contribution in [0.4, 0.5) is 13.2 Å². The molecule has 0 heterocycles. The molecule has 1 fully saturated rings. The van der Waals surface area contributed by atoms with Crippen molar-refractivity contribution in [2.24, 2.45) is 5.92 Å². The lowest BCUT2D eigenvalue weighted by atomic mass is 9.90. The second-order valence-electron chi connectivity index (χ2n) is 4.35. The monoisotopic (exact) mass is 322 g/mol. The van der Waals surface area contributed by atoms with Crippen molar-refractivity contribution >= 4 is 21.9 Å². The minimum atomic E-state index is -4.54. The number of rotatable bonds is 3. The van der Waals surface area contributed by atoms with Crippen LogP contribution in [0.2, 0.25) is 0 Å². The summed E-state index contributed by atoms with van der Waals surface area (Å²) in [5.41, 5.74) is -1.02. The van der Waals surface area contributed by atoms with Crippen LogP contribution >= 0.6 is 15.9 Å². The van der Waals surface area contributed by atoms with E-state index in [4.69, 9.17) is 5.11 Å². The summed E-state index contributed by atoms with van der Waals surface area (Å²) in [6, 6.07) is 3.64. The van der Waals surface area contributed by atoms with Crippen LogP contribution in [0, 0.1) is 5.92 Å². The molecule has 1 aromatic rings. The van der Waals surface area contributed by atoms with Gasteiger partial charge in [-0.25, -0.2) is 0 Å². The highest BCUT2D eigenvalue weighted by Crippen LogP contribution is 2.48. The van der Waals surface area contributed by atoms with Gasteiger partial charge in [-0.05, 0) is 36.5 Å². The van der Waals surface area contributed by atoms with E-state index in [0.29, 0.717) is 12.8 Å². The van der Waals surface area contributed by atoms with E-state index in [9.17, 15) is 18.0 Å². The lowest BCUT2D eigenvalue weighted by molar-refractivity contribution is -0.142. The molecule has 0 amide bonds. The number of carboxylic acids is 1. The fourth-order valence-corrected chi connectivity index (χ4v) is 2.70. The quantitative estimate of drug-likeness (QED) is 0.911. The summed E-state index contributed by atoms with van der Waals surface area (Å²) in [6.07, 6.45) is -3.22. The van der Waals surface area contributed by atoms with Crippen LogP contribution in [0.15, 0.2) is 22.7 Å². The standard InChI is InChI=1S/C12H10BrF3O2/c13-8-3-1-2-7(12(14,15)16)10(8)9(11(17)18)6-4-5-6/h1-3,6,9H,4-5H2,(H,17,18). The Morgan fingerprint density at radius 2 is 2.00 bits per heavy atom. The summed E-state index contributed by atoms with van der Waals surface area (Å²) in [5.74, 6) is -2.48. The van der Waals surface area contributed by atoms with Crippen molar-refractivity contribution in [1.82, 2.24) is 0 Å². The molecule has 0 aliphatic heterocycles. The molecule has 98 valence electrons. The first-order valence-electron chi connectivity index (χ1n) is 5.40. The van der Waals surface area contributed by atoms with Crippen LogP contribution in [0.1, 0.15) is 29.9 Å². The second kappa shape index (κ2) is 4.57. The van der Waals surface area contributed by atoms with Gasteiger partial charge in [-0.1, -0.05) is 22.0 Å². The second-order valence-corrected chi connectivity index (χ2v) is 5.21. The van der Waals surface area contributed by atoms with Gasteiger partial charge in [-0.2, -0.15) is 13.2 Å². The fourth-order valence-electron chi connectivity index (χ4n) is 2.09. The summed E-state index contributed by atoms with van der Waals surface area (Å²) in [6.45, 7) is 0. The molecular formula is C12H10BrF3O2. The number of hydrogen-bond donors (Lipinski definition) is 1. The highest BCUT2D eigenvalue weighted by Gasteiger charge is 2.44. The molecule has 0 spiro atoms. The van der Waals surface area contributed by atoms with Crippen molar-refractivity contribution in [3.8, 4) is 0 Å². The normalized spacial score (nSPS) is 17.6. The van der Waals surface area contributed by atoms with Crippen LogP contribution in [-0.2, 0) is 11.0 Å². The van der Waals surface area contributed by atoms with E-state index in [1.807, 2.05) is 0 Å². The molecule has 6 heteroatoms. The Bertz CT molecular complexity index is 481. The van der Waals surface area contributed by atoms with Gasteiger partial charge in [-0.15, -0.1) is 0 Å². The lowest BCUT2D eigenvalue weighted by Crippen LogP contribution is -2.20. The van der Waals surface area contributed by atoms with E-state index in [0.717, 1.165) is 6.07 Å². The van der Waals surface area contributed by atoms with Gasteiger partial charge < -0.3 is 5.11 Å². The van der Waals surface area contributed by atoms with Crippen LogP contribution in [-0.4, -0.2) is 11.1 Å². The van der Waals surface area contributed by atoms with E-state index in [1.54, 1.807) is 0 Å². The molecule has 0 aromatic heterocycles. The molecule has 18 heavy (non-hydrogen) atoms. The van der Waals surface area contributed by atoms with Crippen LogP contribution in [0.5, 0.6) is 0 Å². The molecule has 1 aliphatic carbocycles. The van der Waals surface area contributed by atoms with E-state index < -0.39 is 23.6 Å². The van der Waals surface area contributed by atoms with Gasteiger partial charge in [0, 0.05) is 4.47 Å². The maximum atomic E-state index is 12.9. The van der Waals surface area contributed by atoms with E-state index in [2.05, 4.69) is 15.9 Å². The Labute approximate surface area is 110 Å². The Balaban J connectivity index is 2.57. The molecule has 2 rings (SSSR count). The number of hydrogen-bond acceptors (Lipinski definition) is 1. The summed E-state index contributed by atoms with van der Waals surface area (Å²) in [4.78, 5) is 11.2. The molecule has 1 unspecified atom stereocenters. The van der Waals surface area contributed by atoms with Crippen molar-refractivity contribution < 1.29 is 23.1 Å². The molecule has 0 bridgehead atoms. The highest BCUT2D eigenvalue weighted by molar-refractivity contribution is 9.10. The number of aliphatic carboxylic acids is 1. The molecule has 1 aromatic carbocycles. The molecule has 1 atom stereocenters. The molecule has 1 aliphatic rings. The first-order chi connectivity index (χ1) is 8.32. The third kappa shape index (κ3) is 2.53. The third-order valence-corrected chi connectivity index (χ3v) is 3.72. The van der Waals surface area contributed by atoms with Gasteiger partial charge in [0.15, 0.2) is 0 Å². The minimum Gasteiger partial charge on any atom is -0.481 e. The predicted octanol–water partition coefficient (Wildman–Crippen LogP) is 4.05. The SMILES string of the molecule is O=C(O)C(c1c(Br)cccc1C(F)(F)F)C1CC1. The predicted molar refractivity (Wildman–Crippen MR) is 62.2 cm³/mol. The Morgan fingerprint density at radius 1 is 1.39 bits per heavy atom. The zero-order chi connectivity index (χ0) is 13.5. The molecule has 2 nitrogen and oxygen atoms in total. The minimum absolute atomic E-state index is 0.153. The van der Waals surface area contributed by atoms with Gasteiger partial charge in [0.25, 0.3) is 0 Å². The van der Waals surface area contributed by atoms with Gasteiger partial charge >= 0.3 is 12.1 Å². The van der Waals surface area contributed by atoms with Crippen molar-refractivity contribution in [2.45, 2.75) is 24.9 Å². The van der Waals surface area contributed by atoms with Crippen molar-refractivity contribution in [3.63, 3.8) is 0 Å². The topological polar surface area (TPSA) is 37.3 Å². The molecule has 1 N–H and O–H groups in total. The van der Waals surface area contributed by atoms with E-state index >= 15 is 0 Å². The van der Waals surface area contributed by atoms with Gasteiger partial charge in [0.05, 0.1) is 11.5 Å². The first kappa shape index (κ1) is 13.4. The van der Waals surface area contributed by atoms with Crippen LogP contribution in [0.3, 0.4) is 0 Å². The Morgan fingerprint density at radius 3 is 2.44 bits per heavy atom. The fraction of sp³-hybridized carbons (Fsp3) is 0.417.